The second kappa shape index (κ2) is 20.2. The molecule has 0 amide bonds. The van der Waals surface area contributed by atoms with Crippen molar-refractivity contribution in [3.05, 3.63) is 222 Å². The molecule has 83 heavy (non-hydrogen) atoms. The molecule has 408 valence electrons. The molecule has 0 spiro atoms. The van der Waals surface area contributed by atoms with Gasteiger partial charge in [-0.1, -0.05) is 152 Å². The summed E-state index contributed by atoms with van der Waals surface area (Å²) >= 11 is 0. The Hall–Kier alpha value is -9.53. The highest BCUT2D eigenvalue weighted by molar-refractivity contribution is 6.17. The van der Waals surface area contributed by atoms with Gasteiger partial charge in [-0.05, 0) is 167 Å². The van der Waals surface area contributed by atoms with Crippen LogP contribution in [0, 0.1) is 13.8 Å². The fourth-order valence-corrected chi connectivity index (χ4v) is 12.6. The molecule has 0 radical (unpaired) electrons. The second-order valence-corrected chi connectivity index (χ2v) is 23.6. The predicted octanol–water partition coefficient (Wildman–Crippen LogP) is 21.1. The first-order valence-corrected chi connectivity index (χ1v) is 29.2. The molecule has 0 aliphatic rings. The summed E-state index contributed by atoms with van der Waals surface area (Å²) in [5.74, 6) is 3.70. The van der Waals surface area contributed by atoms with Gasteiger partial charge >= 0.3 is 0 Å². The van der Waals surface area contributed by atoms with Crippen LogP contribution >= 0.6 is 0 Å². The summed E-state index contributed by atoms with van der Waals surface area (Å²) in [4.78, 5) is 15.9. The van der Waals surface area contributed by atoms with Crippen molar-refractivity contribution in [1.82, 2.24) is 24.1 Å². The Kier molecular flexibility index (Phi) is 12.5. The Bertz CT molecular complexity index is 4800. The van der Waals surface area contributed by atoms with Crippen LogP contribution in [0.25, 0.3) is 122 Å². The third-order valence-electron chi connectivity index (χ3n) is 16.6. The van der Waals surface area contributed by atoms with Crippen LogP contribution in [0.15, 0.2) is 197 Å². The largest absolute Gasteiger partial charge is 0.457 e. The van der Waals surface area contributed by atoms with E-state index in [9.17, 15) is 0 Å². The lowest BCUT2D eigenvalue weighted by atomic mass is 9.88. The van der Waals surface area contributed by atoms with E-state index in [-0.39, 0.29) is 23.7 Å². The number of benzene rings is 9. The Labute approximate surface area is 483 Å². The zero-order chi connectivity index (χ0) is 56.9. The summed E-state index contributed by atoms with van der Waals surface area (Å²) < 4.78 is 25.9. The van der Waals surface area contributed by atoms with Crippen LogP contribution in [-0.4, -0.2) is 24.1 Å². The molecule has 0 aliphatic heterocycles. The number of fused-ring (bicyclic) bond motifs is 8. The number of hydrogen-bond donors (Lipinski definition) is 0. The van der Waals surface area contributed by atoms with Crippen LogP contribution in [0.5, 0.6) is 11.5 Å². The standard InChI is InChI=1S/C75H65N5O3/c1-42(2)55-34-51(48-22-13-11-14-23-48)35-56(43(3)4)71(55)79-65-30-19-17-28-63(65)77-74(79)50-26-21-27-53(33-50)81-54-38-60-59-40-68-61(70-47(10)76-46(9)32-69(70)82-68)41-67(59)83-73(60)62(39-54)75-78-64-29-18-20-31-66(64)80(75)72-57(44(5)6)36-52(37-58(72)45(7)8)49-24-15-12-16-25-49/h11-45H,1-10H3. The summed E-state index contributed by atoms with van der Waals surface area (Å²) in [5, 5.41) is 3.73. The van der Waals surface area contributed by atoms with E-state index in [1.807, 2.05) is 26.0 Å². The van der Waals surface area contributed by atoms with E-state index in [2.05, 4.69) is 240 Å². The molecule has 0 N–H and O–H groups in total. The van der Waals surface area contributed by atoms with Crippen LogP contribution < -0.4 is 4.74 Å². The average molecular weight is 1080 g/mol. The molecule has 0 saturated carbocycles. The van der Waals surface area contributed by atoms with Gasteiger partial charge in [-0.2, -0.15) is 0 Å². The van der Waals surface area contributed by atoms with E-state index < -0.39 is 0 Å². The van der Waals surface area contributed by atoms with Crippen molar-refractivity contribution in [2.75, 3.05) is 0 Å². The Balaban J connectivity index is 0.991. The van der Waals surface area contributed by atoms with Gasteiger partial charge < -0.3 is 13.6 Å². The highest BCUT2D eigenvalue weighted by Gasteiger charge is 2.29. The molecule has 8 nitrogen and oxygen atoms in total. The van der Waals surface area contributed by atoms with Crippen LogP contribution in [0.4, 0.5) is 0 Å². The lowest BCUT2D eigenvalue weighted by molar-refractivity contribution is 0.483. The van der Waals surface area contributed by atoms with Crippen molar-refractivity contribution in [3.8, 4) is 67.9 Å². The SMILES string of the molecule is Cc1cc2oc3cc4c(cc3c2c(C)n1)oc1c(-c2nc3ccccc3n2-c2c(C(C)C)cc(-c3ccccc3)cc2C(C)C)cc(Oc2cccc(-c3nc5ccccc5n3-c3c(C(C)C)cc(-c5ccccc5)cc3C(C)C)c2)cc14. The molecule has 5 heterocycles. The smallest absolute Gasteiger partial charge is 0.149 e. The van der Waals surface area contributed by atoms with Gasteiger partial charge in [0.05, 0.1) is 39.0 Å². The van der Waals surface area contributed by atoms with Gasteiger partial charge in [-0.3, -0.25) is 14.1 Å². The van der Waals surface area contributed by atoms with E-state index >= 15 is 0 Å². The third-order valence-corrected chi connectivity index (χ3v) is 16.6. The number of aryl methyl sites for hydroxylation is 2. The van der Waals surface area contributed by atoms with Crippen molar-refractivity contribution in [2.24, 2.45) is 0 Å². The van der Waals surface area contributed by atoms with Crippen molar-refractivity contribution < 1.29 is 13.6 Å². The van der Waals surface area contributed by atoms with E-state index in [1.54, 1.807) is 0 Å². The first kappa shape index (κ1) is 51.6. The normalized spacial score (nSPS) is 12.2. The Morgan fingerprint density at radius 3 is 1.45 bits per heavy atom. The van der Waals surface area contributed by atoms with Gasteiger partial charge in [-0.15, -0.1) is 0 Å². The summed E-state index contributed by atoms with van der Waals surface area (Å²) in [7, 11) is 0. The van der Waals surface area contributed by atoms with E-state index in [0.717, 1.165) is 100 Å². The van der Waals surface area contributed by atoms with E-state index in [4.69, 9.17) is 28.5 Å². The lowest BCUT2D eigenvalue weighted by Gasteiger charge is -2.24. The maximum atomic E-state index is 7.26. The number of para-hydroxylation sites is 4. The van der Waals surface area contributed by atoms with Gasteiger partial charge in [0.25, 0.3) is 0 Å². The van der Waals surface area contributed by atoms with Gasteiger partial charge in [0.2, 0.25) is 0 Å². The quantitative estimate of drug-likeness (QED) is 0.121. The van der Waals surface area contributed by atoms with Crippen LogP contribution in [0.3, 0.4) is 0 Å². The number of pyridine rings is 1. The number of rotatable bonds is 12. The van der Waals surface area contributed by atoms with Gasteiger partial charge in [0.15, 0.2) is 0 Å². The summed E-state index contributed by atoms with van der Waals surface area (Å²) in [5.41, 5.74) is 22.5. The molecule has 9 aromatic carbocycles. The number of hydrogen-bond acceptors (Lipinski definition) is 6. The van der Waals surface area contributed by atoms with E-state index in [0.29, 0.717) is 17.1 Å². The summed E-state index contributed by atoms with van der Waals surface area (Å²) in [6.07, 6.45) is 0. The molecule has 0 bridgehead atoms. The van der Waals surface area contributed by atoms with Gasteiger partial charge in [0, 0.05) is 44.6 Å². The Morgan fingerprint density at radius 2 is 0.880 bits per heavy atom. The number of nitrogens with zero attached hydrogens (tertiary/aromatic N) is 5. The molecule has 8 heteroatoms. The molecule has 0 aliphatic carbocycles. The minimum Gasteiger partial charge on any atom is -0.457 e. The van der Waals surface area contributed by atoms with Crippen LogP contribution in [0.1, 0.15) is 113 Å². The van der Waals surface area contributed by atoms with Crippen molar-refractivity contribution in [3.63, 3.8) is 0 Å². The zero-order valence-corrected chi connectivity index (χ0v) is 48.7. The molecule has 0 atom stereocenters. The highest BCUT2D eigenvalue weighted by atomic mass is 16.5. The molecule has 0 saturated heterocycles. The van der Waals surface area contributed by atoms with Crippen LogP contribution in [0.2, 0.25) is 0 Å². The number of ether oxygens (including phenoxy) is 1. The minimum absolute atomic E-state index is 0.177. The fourth-order valence-electron chi connectivity index (χ4n) is 12.6. The molecule has 14 rings (SSSR count). The Morgan fingerprint density at radius 1 is 0.386 bits per heavy atom. The maximum Gasteiger partial charge on any atom is 0.149 e. The van der Waals surface area contributed by atoms with Crippen molar-refractivity contribution >= 4 is 65.9 Å². The molecule has 0 unspecified atom stereocenters. The molecular formula is C75H65N5O3. The second-order valence-electron chi connectivity index (χ2n) is 23.6. The predicted molar refractivity (Wildman–Crippen MR) is 342 cm³/mol. The monoisotopic (exact) mass is 1080 g/mol. The van der Waals surface area contributed by atoms with Gasteiger partial charge in [-0.25, -0.2) is 9.97 Å². The zero-order valence-electron chi connectivity index (χ0n) is 48.7. The van der Waals surface area contributed by atoms with Crippen LogP contribution in [-0.2, 0) is 0 Å². The highest BCUT2D eigenvalue weighted by Crippen LogP contribution is 2.47. The number of aromatic nitrogens is 5. The third kappa shape index (κ3) is 8.78. The molecule has 14 aromatic rings. The van der Waals surface area contributed by atoms with Crippen molar-refractivity contribution in [2.45, 2.75) is 92.9 Å². The van der Waals surface area contributed by atoms with Crippen molar-refractivity contribution in [1.29, 1.82) is 0 Å². The summed E-state index contributed by atoms with van der Waals surface area (Å²) in [6, 6.07) is 66.7. The number of imidazole rings is 2. The topological polar surface area (TPSA) is 84.0 Å². The number of furan rings is 2. The van der Waals surface area contributed by atoms with E-state index in [1.165, 1.54) is 50.2 Å². The maximum absolute atomic E-state index is 7.26. The summed E-state index contributed by atoms with van der Waals surface area (Å²) in [6.45, 7) is 22.4. The molecule has 5 aromatic heterocycles. The first-order valence-electron chi connectivity index (χ1n) is 29.2. The molecule has 0 fully saturated rings. The average Bonchev–Trinajstić information content (AvgIpc) is 2.33. The minimum atomic E-state index is 0.177. The fraction of sp³-hybridized carbons (Fsp3) is 0.187. The first-order chi connectivity index (χ1) is 40.3. The lowest BCUT2D eigenvalue weighted by Crippen LogP contribution is -2.09. The van der Waals surface area contributed by atoms with Gasteiger partial charge in [0.1, 0.15) is 45.5 Å². The molecular weight excluding hydrogens is 1020 g/mol.